The highest BCUT2D eigenvalue weighted by Crippen LogP contribution is 2.28. The van der Waals surface area contributed by atoms with E-state index in [4.69, 9.17) is 15.2 Å². The molecule has 1 atom stereocenters. The van der Waals surface area contributed by atoms with Crippen molar-refractivity contribution >= 4 is 45.1 Å². The molecule has 7 nitrogen and oxygen atoms in total. The van der Waals surface area contributed by atoms with Gasteiger partial charge < -0.3 is 20.5 Å². The fraction of sp³-hybridized carbons (Fsp3) is 0.562. The van der Waals surface area contributed by atoms with Crippen LogP contribution in [-0.2, 0) is 25.6 Å². The van der Waals surface area contributed by atoms with Gasteiger partial charge in [0.15, 0.2) is 0 Å². The predicted octanol–water partition coefficient (Wildman–Crippen LogP) is 2.36. The van der Waals surface area contributed by atoms with Crippen LogP contribution in [0.15, 0.2) is 9.85 Å². The van der Waals surface area contributed by atoms with Crippen LogP contribution < -0.4 is 11.1 Å². The van der Waals surface area contributed by atoms with E-state index < -0.39 is 29.5 Å². The quantitative estimate of drug-likeness (QED) is 0.607. The van der Waals surface area contributed by atoms with Gasteiger partial charge in [-0.15, -0.1) is 11.3 Å². The van der Waals surface area contributed by atoms with Gasteiger partial charge in [0.25, 0.3) is 0 Å². The van der Waals surface area contributed by atoms with Crippen molar-refractivity contribution < 1.29 is 23.9 Å². The average molecular weight is 435 g/mol. The zero-order valence-electron chi connectivity index (χ0n) is 14.7. The lowest BCUT2D eigenvalue weighted by Crippen LogP contribution is -2.41. The molecular formula is C16H23BrN2O5S. The summed E-state index contributed by atoms with van der Waals surface area (Å²) >= 11 is 4.61. The Bertz CT molecular complexity index is 639. The minimum Gasteiger partial charge on any atom is -0.465 e. The fourth-order valence-electron chi connectivity index (χ4n) is 2.02. The third-order valence-corrected chi connectivity index (χ3v) is 5.15. The number of nitrogens with two attached hydrogens (primary N) is 1. The molecule has 9 heteroatoms. The second-order valence-electron chi connectivity index (χ2n) is 6.34. The first-order valence-electron chi connectivity index (χ1n) is 7.64. The van der Waals surface area contributed by atoms with Crippen molar-refractivity contribution in [2.45, 2.75) is 51.8 Å². The minimum atomic E-state index is -0.718. The van der Waals surface area contributed by atoms with Gasteiger partial charge in [0.1, 0.15) is 10.5 Å². The molecule has 0 aliphatic carbocycles. The van der Waals surface area contributed by atoms with Gasteiger partial charge in [-0.05, 0) is 43.1 Å². The average Bonchev–Trinajstić information content (AvgIpc) is 2.85. The highest BCUT2D eigenvalue weighted by Gasteiger charge is 2.23. The van der Waals surface area contributed by atoms with Gasteiger partial charge in [-0.3, -0.25) is 9.59 Å². The number of primary amides is 1. The molecule has 0 spiro atoms. The molecule has 0 saturated heterocycles. The molecule has 0 aliphatic rings. The summed E-state index contributed by atoms with van der Waals surface area (Å²) in [5, 5.41) is 4.75. The van der Waals surface area contributed by atoms with E-state index in [0.29, 0.717) is 10.4 Å². The maximum Gasteiger partial charge on any atom is 0.348 e. The fourth-order valence-corrected chi connectivity index (χ4v) is 3.63. The first kappa shape index (κ1) is 21.6. The third-order valence-electron chi connectivity index (χ3n) is 3.14. The summed E-state index contributed by atoms with van der Waals surface area (Å²) in [6.07, 6.45) is 0.270. The van der Waals surface area contributed by atoms with E-state index in [9.17, 15) is 14.4 Å². The van der Waals surface area contributed by atoms with Crippen LogP contribution in [-0.4, -0.2) is 36.6 Å². The Morgan fingerprint density at radius 1 is 1.36 bits per heavy atom. The van der Waals surface area contributed by atoms with Crippen LogP contribution in [0.3, 0.4) is 0 Å². The lowest BCUT2D eigenvalue weighted by Gasteiger charge is -2.20. The molecule has 0 bridgehead atoms. The molecule has 3 N–H and O–H groups in total. The number of rotatable bonds is 8. The van der Waals surface area contributed by atoms with Gasteiger partial charge in [0.05, 0.1) is 13.2 Å². The summed E-state index contributed by atoms with van der Waals surface area (Å²) in [7, 11) is 1.31. The highest BCUT2D eigenvalue weighted by atomic mass is 79.9. The molecule has 0 saturated carbocycles. The Kier molecular flexibility index (Phi) is 8.04. The Balaban J connectivity index is 2.68. The minimum absolute atomic E-state index is 0.0620. The van der Waals surface area contributed by atoms with Crippen LogP contribution in [0.5, 0.6) is 0 Å². The zero-order chi connectivity index (χ0) is 19.2. The van der Waals surface area contributed by atoms with E-state index in [0.717, 1.165) is 4.47 Å². The summed E-state index contributed by atoms with van der Waals surface area (Å²) in [5.41, 5.74) is 5.50. The maximum absolute atomic E-state index is 11.8. The summed E-state index contributed by atoms with van der Waals surface area (Å²) in [4.78, 5) is 35.6. The summed E-state index contributed by atoms with van der Waals surface area (Å²) < 4.78 is 10.7. The Hall–Kier alpha value is -1.45. The number of thiophene rings is 1. The number of amides is 1. The Morgan fingerprint density at radius 2 is 2.00 bits per heavy atom. The lowest BCUT2D eigenvalue weighted by atomic mass is 10.1. The largest absolute Gasteiger partial charge is 0.465 e. The van der Waals surface area contributed by atoms with E-state index in [1.165, 1.54) is 18.4 Å². The molecule has 140 valence electrons. The molecule has 1 aromatic rings. The molecule has 0 fully saturated rings. The normalized spacial score (nSPS) is 12.5. The molecule has 0 aromatic carbocycles. The SMILES string of the molecule is COC(=O)c1scc(Br)c1CN[C@@H](CCC(=O)OC(C)(C)C)C(N)=O. The summed E-state index contributed by atoms with van der Waals surface area (Å²) in [6, 6.07) is -0.718. The lowest BCUT2D eigenvalue weighted by molar-refractivity contribution is -0.155. The molecule has 25 heavy (non-hydrogen) atoms. The van der Waals surface area contributed by atoms with Crippen molar-refractivity contribution in [3.8, 4) is 0 Å². The maximum atomic E-state index is 11.8. The van der Waals surface area contributed by atoms with Gasteiger partial charge in [0.2, 0.25) is 5.91 Å². The van der Waals surface area contributed by atoms with Crippen LogP contribution in [0.2, 0.25) is 0 Å². The number of nitrogens with one attached hydrogen (secondary N) is 1. The summed E-state index contributed by atoms with van der Waals surface area (Å²) in [6.45, 7) is 5.56. The molecule has 0 unspecified atom stereocenters. The van der Waals surface area contributed by atoms with E-state index >= 15 is 0 Å². The number of esters is 2. The van der Waals surface area contributed by atoms with Gasteiger partial charge in [0, 0.05) is 28.4 Å². The molecule has 1 rings (SSSR count). The smallest absolute Gasteiger partial charge is 0.348 e. The third kappa shape index (κ3) is 7.13. The second kappa shape index (κ2) is 9.30. The van der Waals surface area contributed by atoms with Crippen LogP contribution in [0.25, 0.3) is 0 Å². The zero-order valence-corrected chi connectivity index (χ0v) is 17.1. The molecule has 1 heterocycles. The first-order valence-corrected chi connectivity index (χ1v) is 9.31. The molecule has 0 aliphatic heterocycles. The van der Waals surface area contributed by atoms with Crippen LogP contribution in [0.1, 0.15) is 48.8 Å². The van der Waals surface area contributed by atoms with Crippen LogP contribution >= 0.6 is 27.3 Å². The van der Waals surface area contributed by atoms with Crippen LogP contribution in [0, 0.1) is 0 Å². The van der Waals surface area contributed by atoms with Crippen molar-refractivity contribution in [1.82, 2.24) is 5.32 Å². The van der Waals surface area contributed by atoms with Crippen molar-refractivity contribution in [2.24, 2.45) is 5.73 Å². The number of carbonyl (C=O) groups is 3. The van der Waals surface area contributed by atoms with Crippen molar-refractivity contribution in [1.29, 1.82) is 0 Å². The molecule has 0 radical (unpaired) electrons. The number of methoxy groups -OCH3 is 1. The predicted molar refractivity (Wildman–Crippen MR) is 98.3 cm³/mol. The van der Waals surface area contributed by atoms with Gasteiger partial charge in [-0.25, -0.2) is 4.79 Å². The molecule has 1 aromatic heterocycles. The van der Waals surface area contributed by atoms with Gasteiger partial charge >= 0.3 is 11.9 Å². The Labute approximate surface area is 159 Å². The van der Waals surface area contributed by atoms with Gasteiger partial charge in [-0.1, -0.05) is 0 Å². The van der Waals surface area contributed by atoms with E-state index in [2.05, 4.69) is 21.2 Å². The van der Waals surface area contributed by atoms with Gasteiger partial charge in [-0.2, -0.15) is 0 Å². The van der Waals surface area contributed by atoms with Crippen molar-refractivity contribution in [3.05, 3.63) is 20.3 Å². The topological polar surface area (TPSA) is 108 Å². The number of halogens is 1. The summed E-state index contributed by atoms with van der Waals surface area (Å²) in [5.74, 6) is -1.42. The van der Waals surface area contributed by atoms with Crippen molar-refractivity contribution in [3.63, 3.8) is 0 Å². The van der Waals surface area contributed by atoms with Crippen LogP contribution in [0.4, 0.5) is 0 Å². The number of hydrogen-bond acceptors (Lipinski definition) is 7. The standard InChI is InChI=1S/C16H23BrN2O5S/c1-16(2,3)24-12(20)6-5-11(14(18)21)19-7-9-10(17)8-25-13(9)15(22)23-4/h8,11,19H,5-7H2,1-4H3,(H2,18,21)/t11-/m0/s1. The number of carbonyl (C=O) groups excluding carboxylic acids is 3. The van der Waals surface area contributed by atoms with E-state index in [1.54, 1.807) is 26.2 Å². The number of hydrogen-bond donors (Lipinski definition) is 2. The number of ether oxygens (including phenoxy) is 2. The monoisotopic (exact) mass is 434 g/mol. The first-order chi connectivity index (χ1) is 11.5. The molecule has 1 amide bonds. The molecular weight excluding hydrogens is 412 g/mol. The van der Waals surface area contributed by atoms with E-state index in [1.807, 2.05) is 0 Å². The second-order valence-corrected chi connectivity index (χ2v) is 8.08. The highest BCUT2D eigenvalue weighted by molar-refractivity contribution is 9.10. The Morgan fingerprint density at radius 3 is 2.52 bits per heavy atom. The van der Waals surface area contributed by atoms with E-state index in [-0.39, 0.29) is 19.4 Å². The van der Waals surface area contributed by atoms with Crippen molar-refractivity contribution in [2.75, 3.05) is 7.11 Å².